The van der Waals surface area contributed by atoms with E-state index in [0.29, 0.717) is 5.13 Å². The molecule has 0 saturated carbocycles. The highest BCUT2D eigenvalue weighted by atomic mass is 32.1. The van der Waals surface area contributed by atoms with E-state index in [2.05, 4.69) is 35.9 Å². The van der Waals surface area contributed by atoms with Crippen molar-refractivity contribution in [2.24, 2.45) is 0 Å². The van der Waals surface area contributed by atoms with Crippen LogP contribution in [0.15, 0.2) is 0 Å². The smallest absolute Gasteiger partial charge is 0.203 e. The van der Waals surface area contributed by atoms with E-state index in [1.54, 1.807) is 11.3 Å². The van der Waals surface area contributed by atoms with Gasteiger partial charge in [0.1, 0.15) is 5.01 Å². The Morgan fingerprint density at radius 1 is 1.16 bits per heavy atom. The molecule has 0 spiro atoms. The van der Waals surface area contributed by atoms with E-state index in [9.17, 15) is 0 Å². The molecule has 5 nitrogen and oxygen atoms in total. The lowest BCUT2D eigenvalue weighted by Crippen LogP contribution is -2.14. The van der Waals surface area contributed by atoms with Crippen molar-refractivity contribution in [3.05, 3.63) is 10.7 Å². The molecule has 2 rings (SSSR count). The third-order valence-corrected chi connectivity index (χ3v) is 4.41. The van der Waals surface area contributed by atoms with Crippen LogP contribution in [-0.2, 0) is 12.0 Å². The molecular formula is C12H19N5S2. The van der Waals surface area contributed by atoms with Crippen molar-refractivity contribution in [1.29, 1.82) is 0 Å². The first-order valence-electron chi connectivity index (χ1n) is 6.01. The molecular weight excluding hydrogens is 278 g/mol. The van der Waals surface area contributed by atoms with Crippen molar-refractivity contribution in [3.8, 4) is 9.88 Å². The molecule has 0 aromatic carbocycles. The van der Waals surface area contributed by atoms with Crippen LogP contribution >= 0.6 is 22.7 Å². The van der Waals surface area contributed by atoms with E-state index in [1.165, 1.54) is 11.3 Å². The van der Waals surface area contributed by atoms with Crippen LogP contribution in [0.3, 0.4) is 0 Å². The zero-order valence-electron chi connectivity index (χ0n) is 11.9. The first-order valence-corrected chi connectivity index (χ1v) is 7.65. The van der Waals surface area contributed by atoms with E-state index in [1.807, 2.05) is 14.1 Å². The number of hydrogen-bond donors (Lipinski definition) is 1. The summed E-state index contributed by atoms with van der Waals surface area (Å²) in [5.41, 5.74) is 6.74. The fraction of sp³-hybridized carbons (Fsp3) is 0.583. The molecule has 104 valence electrons. The maximum atomic E-state index is 5.68. The largest absolute Gasteiger partial charge is 0.374 e. The van der Waals surface area contributed by atoms with Gasteiger partial charge in [-0.1, -0.05) is 32.1 Å². The molecule has 0 unspecified atom stereocenters. The molecule has 2 heterocycles. The third-order valence-electron chi connectivity index (χ3n) is 2.47. The fourth-order valence-corrected chi connectivity index (χ4v) is 3.75. The van der Waals surface area contributed by atoms with Gasteiger partial charge in [0.2, 0.25) is 5.13 Å². The Hall–Kier alpha value is -1.05. The van der Waals surface area contributed by atoms with Gasteiger partial charge in [-0.15, -0.1) is 21.5 Å². The van der Waals surface area contributed by atoms with Crippen LogP contribution in [-0.4, -0.2) is 34.2 Å². The van der Waals surface area contributed by atoms with Gasteiger partial charge in [-0.3, -0.25) is 0 Å². The molecule has 0 amide bonds. The van der Waals surface area contributed by atoms with Gasteiger partial charge in [-0.05, 0) is 14.1 Å². The molecule has 0 saturated heterocycles. The van der Waals surface area contributed by atoms with Crippen LogP contribution < -0.4 is 5.73 Å². The van der Waals surface area contributed by atoms with E-state index in [4.69, 9.17) is 10.7 Å². The second-order valence-corrected chi connectivity index (χ2v) is 7.81. The van der Waals surface area contributed by atoms with Crippen molar-refractivity contribution in [2.75, 3.05) is 19.8 Å². The molecule has 0 aliphatic carbocycles. The van der Waals surface area contributed by atoms with E-state index in [0.717, 1.165) is 27.1 Å². The highest BCUT2D eigenvalue weighted by molar-refractivity contribution is 7.23. The number of hydrogen-bond acceptors (Lipinski definition) is 7. The Kier molecular flexibility index (Phi) is 3.89. The molecule has 2 N–H and O–H groups in total. The Labute approximate surface area is 121 Å². The molecule has 0 fully saturated rings. The zero-order valence-corrected chi connectivity index (χ0v) is 13.5. The molecule has 2 aromatic rings. The Bertz CT molecular complexity index is 565. The van der Waals surface area contributed by atoms with Crippen LogP contribution in [0.2, 0.25) is 0 Å². The summed E-state index contributed by atoms with van der Waals surface area (Å²) in [5.74, 6) is 0. The van der Waals surface area contributed by atoms with Crippen molar-refractivity contribution in [1.82, 2.24) is 20.1 Å². The molecule has 0 aliphatic rings. The van der Waals surface area contributed by atoms with E-state index < -0.39 is 0 Å². The van der Waals surface area contributed by atoms with Crippen LogP contribution in [0, 0.1) is 0 Å². The van der Waals surface area contributed by atoms with Gasteiger partial charge >= 0.3 is 0 Å². The topological polar surface area (TPSA) is 67.9 Å². The van der Waals surface area contributed by atoms with Gasteiger partial charge in [0.25, 0.3) is 0 Å². The zero-order chi connectivity index (χ0) is 14.2. The SMILES string of the molecule is CN(C)Cc1nc(C(C)(C)C)c(-c2nnc(N)s2)s1. The lowest BCUT2D eigenvalue weighted by molar-refractivity contribution is 0.400. The number of nitrogen functional groups attached to an aromatic ring is 1. The maximum Gasteiger partial charge on any atom is 0.203 e. The molecule has 7 heteroatoms. The van der Waals surface area contributed by atoms with Crippen molar-refractivity contribution in [3.63, 3.8) is 0 Å². The summed E-state index contributed by atoms with van der Waals surface area (Å²) in [6, 6.07) is 0. The predicted octanol–water partition coefficient (Wildman–Crippen LogP) is 2.60. The predicted molar refractivity (Wildman–Crippen MR) is 81.5 cm³/mol. The van der Waals surface area contributed by atoms with Crippen LogP contribution in [0.4, 0.5) is 5.13 Å². The Morgan fingerprint density at radius 3 is 2.32 bits per heavy atom. The Balaban J connectivity index is 2.48. The lowest BCUT2D eigenvalue weighted by atomic mass is 9.91. The summed E-state index contributed by atoms with van der Waals surface area (Å²) in [7, 11) is 4.08. The maximum absolute atomic E-state index is 5.68. The van der Waals surface area contributed by atoms with Crippen molar-refractivity contribution >= 4 is 27.8 Å². The Morgan fingerprint density at radius 2 is 1.84 bits per heavy atom. The quantitative estimate of drug-likeness (QED) is 0.943. The highest BCUT2D eigenvalue weighted by Crippen LogP contribution is 2.39. The van der Waals surface area contributed by atoms with Crippen molar-refractivity contribution < 1.29 is 0 Å². The molecule has 0 atom stereocenters. The monoisotopic (exact) mass is 297 g/mol. The third kappa shape index (κ3) is 3.29. The molecule has 2 aromatic heterocycles. The van der Waals surface area contributed by atoms with Crippen LogP contribution in [0.5, 0.6) is 0 Å². The molecule has 0 radical (unpaired) electrons. The summed E-state index contributed by atoms with van der Waals surface area (Å²) in [6.45, 7) is 7.32. The minimum atomic E-state index is -0.0170. The van der Waals surface area contributed by atoms with Crippen LogP contribution in [0.25, 0.3) is 9.88 Å². The number of nitrogens with zero attached hydrogens (tertiary/aromatic N) is 4. The second-order valence-electron chi connectivity index (χ2n) is 5.72. The summed E-state index contributed by atoms with van der Waals surface area (Å²) < 4.78 is 0. The lowest BCUT2D eigenvalue weighted by Gasteiger charge is -2.16. The summed E-state index contributed by atoms with van der Waals surface area (Å²) in [4.78, 5) is 7.99. The summed E-state index contributed by atoms with van der Waals surface area (Å²) in [6.07, 6.45) is 0. The van der Waals surface area contributed by atoms with E-state index >= 15 is 0 Å². The summed E-state index contributed by atoms with van der Waals surface area (Å²) in [5, 5.41) is 10.5. The minimum absolute atomic E-state index is 0.0170. The number of thiazole rings is 1. The summed E-state index contributed by atoms with van der Waals surface area (Å²) >= 11 is 3.10. The highest BCUT2D eigenvalue weighted by Gasteiger charge is 2.26. The average molecular weight is 297 g/mol. The van der Waals surface area contributed by atoms with Crippen molar-refractivity contribution in [2.45, 2.75) is 32.7 Å². The first kappa shape index (κ1) is 14.4. The standard InChI is InChI=1S/C12H19N5S2/c1-12(2,3)9-8(10-15-16-11(13)19-10)18-7(14-9)6-17(4)5/h6H2,1-5H3,(H2,13,16). The second kappa shape index (κ2) is 5.15. The molecule has 0 bridgehead atoms. The number of nitrogens with two attached hydrogens (primary N) is 1. The van der Waals surface area contributed by atoms with Gasteiger partial charge in [0, 0.05) is 12.0 Å². The number of rotatable bonds is 3. The van der Waals surface area contributed by atoms with Gasteiger partial charge in [-0.2, -0.15) is 0 Å². The van der Waals surface area contributed by atoms with Gasteiger partial charge < -0.3 is 10.6 Å². The van der Waals surface area contributed by atoms with Gasteiger partial charge in [-0.25, -0.2) is 4.98 Å². The van der Waals surface area contributed by atoms with E-state index in [-0.39, 0.29) is 5.41 Å². The van der Waals surface area contributed by atoms with Gasteiger partial charge in [0.05, 0.1) is 10.6 Å². The number of anilines is 1. The molecule has 0 aliphatic heterocycles. The minimum Gasteiger partial charge on any atom is -0.374 e. The first-order chi connectivity index (χ1) is 8.77. The van der Waals surface area contributed by atoms with Gasteiger partial charge in [0.15, 0.2) is 5.01 Å². The fourth-order valence-electron chi connectivity index (χ4n) is 1.68. The average Bonchev–Trinajstić information content (AvgIpc) is 2.82. The normalized spacial score (nSPS) is 12.3. The molecule has 19 heavy (non-hydrogen) atoms. The van der Waals surface area contributed by atoms with Crippen LogP contribution in [0.1, 0.15) is 31.5 Å². The number of aromatic nitrogens is 3.